The van der Waals surface area contributed by atoms with Gasteiger partial charge in [-0.25, -0.2) is 0 Å². The van der Waals surface area contributed by atoms with Crippen molar-refractivity contribution in [1.29, 1.82) is 0 Å². The molecular weight excluding hydrogens is 262 g/mol. The van der Waals surface area contributed by atoms with Crippen molar-refractivity contribution in [2.75, 3.05) is 5.32 Å². The summed E-state index contributed by atoms with van der Waals surface area (Å²) in [5.41, 5.74) is 1.74. The van der Waals surface area contributed by atoms with Gasteiger partial charge in [0.15, 0.2) is 6.10 Å². The molecule has 96 valence electrons. The van der Waals surface area contributed by atoms with E-state index in [-0.39, 0.29) is 5.91 Å². The Morgan fingerprint density at radius 1 is 1.21 bits per heavy atom. The molecule has 0 saturated heterocycles. The summed E-state index contributed by atoms with van der Waals surface area (Å²) >= 11 is 5.88. The van der Waals surface area contributed by atoms with Crippen molar-refractivity contribution < 1.29 is 9.53 Å². The molecule has 1 aliphatic heterocycles. The number of rotatable bonds is 2. The van der Waals surface area contributed by atoms with E-state index in [2.05, 4.69) is 5.32 Å². The van der Waals surface area contributed by atoms with Crippen LogP contribution in [0.2, 0.25) is 5.02 Å². The zero-order valence-corrected chi connectivity index (χ0v) is 10.9. The third kappa shape index (κ3) is 2.56. The predicted molar refractivity (Wildman–Crippen MR) is 74.6 cm³/mol. The topological polar surface area (TPSA) is 38.3 Å². The third-order valence-electron chi connectivity index (χ3n) is 3.03. The molecule has 1 N–H and O–H groups in total. The number of nitrogens with one attached hydrogen (secondary N) is 1. The first-order valence-corrected chi connectivity index (χ1v) is 6.41. The average Bonchev–Trinajstić information content (AvgIpc) is 2.82. The fourth-order valence-corrected chi connectivity index (χ4v) is 2.31. The number of amides is 1. The normalized spacial score (nSPS) is 16.6. The van der Waals surface area contributed by atoms with Crippen LogP contribution >= 0.6 is 11.6 Å². The van der Waals surface area contributed by atoms with E-state index in [1.165, 1.54) is 0 Å². The van der Waals surface area contributed by atoms with Crippen LogP contribution in [-0.4, -0.2) is 12.0 Å². The van der Waals surface area contributed by atoms with Crippen LogP contribution in [0, 0.1) is 0 Å². The summed E-state index contributed by atoms with van der Waals surface area (Å²) in [4.78, 5) is 12.1. The minimum Gasteiger partial charge on any atom is -0.480 e. The summed E-state index contributed by atoms with van der Waals surface area (Å²) in [6.45, 7) is 0. The van der Waals surface area contributed by atoms with Crippen LogP contribution < -0.4 is 10.1 Å². The summed E-state index contributed by atoms with van der Waals surface area (Å²) in [5.74, 6) is 0.632. The van der Waals surface area contributed by atoms with Crippen LogP contribution in [0.1, 0.15) is 5.56 Å². The highest BCUT2D eigenvalue weighted by atomic mass is 35.5. The van der Waals surface area contributed by atoms with Crippen molar-refractivity contribution in [1.82, 2.24) is 0 Å². The average molecular weight is 274 g/mol. The highest BCUT2D eigenvalue weighted by Crippen LogP contribution is 2.28. The number of para-hydroxylation sites is 1. The first kappa shape index (κ1) is 12.1. The number of fused-ring (bicyclic) bond motifs is 1. The van der Waals surface area contributed by atoms with E-state index in [9.17, 15) is 4.79 Å². The smallest absolute Gasteiger partial charge is 0.265 e. The number of carbonyl (C=O) groups excluding carboxylic acids is 1. The van der Waals surface area contributed by atoms with Crippen LogP contribution in [-0.2, 0) is 11.2 Å². The predicted octanol–water partition coefficient (Wildman–Crippen LogP) is 3.28. The molecule has 4 heteroatoms. The maximum Gasteiger partial charge on any atom is 0.265 e. The fraction of sp³-hybridized carbons (Fsp3) is 0.133. The Kier molecular flexibility index (Phi) is 3.13. The van der Waals surface area contributed by atoms with E-state index < -0.39 is 6.10 Å². The Morgan fingerprint density at radius 3 is 2.84 bits per heavy atom. The van der Waals surface area contributed by atoms with Gasteiger partial charge in [0.2, 0.25) is 0 Å². The van der Waals surface area contributed by atoms with Crippen molar-refractivity contribution in [3.63, 3.8) is 0 Å². The summed E-state index contributed by atoms with van der Waals surface area (Å²) in [5, 5.41) is 3.40. The second kappa shape index (κ2) is 4.94. The van der Waals surface area contributed by atoms with Crippen LogP contribution in [0.15, 0.2) is 48.5 Å². The van der Waals surface area contributed by atoms with Crippen molar-refractivity contribution >= 4 is 23.2 Å². The van der Waals surface area contributed by atoms with Gasteiger partial charge in [0.1, 0.15) is 5.75 Å². The zero-order valence-electron chi connectivity index (χ0n) is 10.1. The van der Waals surface area contributed by atoms with Gasteiger partial charge in [-0.05, 0) is 29.8 Å². The lowest BCUT2D eigenvalue weighted by Gasteiger charge is -2.11. The first-order chi connectivity index (χ1) is 9.22. The quantitative estimate of drug-likeness (QED) is 0.912. The molecule has 0 unspecified atom stereocenters. The Labute approximate surface area is 116 Å². The number of hydrogen-bond donors (Lipinski definition) is 1. The van der Waals surface area contributed by atoms with E-state index in [0.29, 0.717) is 17.1 Å². The van der Waals surface area contributed by atoms with E-state index in [1.807, 2.05) is 24.3 Å². The van der Waals surface area contributed by atoms with Gasteiger partial charge in [-0.2, -0.15) is 0 Å². The monoisotopic (exact) mass is 273 g/mol. The van der Waals surface area contributed by atoms with Crippen molar-refractivity contribution in [3.8, 4) is 5.75 Å². The molecule has 1 heterocycles. The molecule has 3 rings (SSSR count). The number of ether oxygens (including phenoxy) is 1. The highest BCUT2D eigenvalue weighted by molar-refractivity contribution is 6.30. The molecule has 1 aliphatic rings. The third-order valence-corrected chi connectivity index (χ3v) is 3.27. The molecule has 0 bridgehead atoms. The molecule has 3 nitrogen and oxygen atoms in total. The Morgan fingerprint density at radius 2 is 2.05 bits per heavy atom. The van der Waals surface area contributed by atoms with Gasteiger partial charge >= 0.3 is 0 Å². The molecule has 2 aromatic rings. The molecule has 2 aromatic carbocycles. The second-order valence-electron chi connectivity index (χ2n) is 4.42. The van der Waals surface area contributed by atoms with Gasteiger partial charge in [0.25, 0.3) is 5.91 Å². The summed E-state index contributed by atoms with van der Waals surface area (Å²) in [7, 11) is 0. The van der Waals surface area contributed by atoms with Crippen LogP contribution in [0.5, 0.6) is 5.75 Å². The van der Waals surface area contributed by atoms with Gasteiger partial charge in [0.05, 0.1) is 0 Å². The second-order valence-corrected chi connectivity index (χ2v) is 4.85. The SMILES string of the molecule is O=C(Nc1cccc(Cl)c1)[C@@H]1Cc2ccccc2O1. The van der Waals surface area contributed by atoms with E-state index in [1.54, 1.807) is 24.3 Å². The van der Waals surface area contributed by atoms with Crippen molar-refractivity contribution in [3.05, 3.63) is 59.1 Å². The standard InChI is InChI=1S/C15H12ClNO2/c16-11-5-3-6-12(9-11)17-15(18)14-8-10-4-1-2-7-13(10)19-14/h1-7,9,14H,8H2,(H,17,18)/t14-/m0/s1. The van der Waals surface area contributed by atoms with Crippen LogP contribution in [0.3, 0.4) is 0 Å². The number of benzene rings is 2. The summed E-state index contributed by atoms with van der Waals surface area (Å²) < 4.78 is 5.63. The van der Waals surface area contributed by atoms with E-state index in [0.717, 1.165) is 11.3 Å². The van der Waals surface area contributed by atoms with Gasteiger partial charge in [-0.1, -0.05) is 35.9 Å². The minimum absolute atomic E-state index is 0.154. The molecule has 0 fully saturated rings. The Bertz CT molecular complexity index is 602. The number of anilines is 1. The minimum atomic E-state index is -0.476. The van der Waals surface area contributed by atoms with Crippen LogP contribution in [0.25, 0.3) is 0 Å². The molecular formula is C15H12ClNO2. The first-order valence-electron chi connectivity index (χ1n) is 6.03. The molecule has 0 radical (unpaired) electrons. The van der Waals surface area contributed by atoms with Gasteiger partial charge in [-0.15, -0.1) is 0 Å². The maximum absolute atomic E-state index is 12.1. The maximum atomic E-state index is 12.1. The van der Waals surface area contributed by atoms with Gasteiger partial charge in [0, 0.05) is 17.1 Å². The van der Waals surface area contributed by atoms with Gasteiger partial charge < -0.3 is 10.1 Å². The molecule has 0 aromatic heterocycles. The lowest BCUT2D eigenvalue weighted by molar-refractivity contribution is -0.122. The molecule has 0 spiro atoms. The number of halogens is 1. The summed E-state index contributed by atoms with van der Waals surface area (Å²) in [6.07, 6.45) is 0.124. The summed E-state index contributed by atoms with van der Waals surface area (Å²) in [6, 6.07) is 14.8. The van der Waals surface area contributed by atoms with Crippen LogP contribution in [0.4, 0.5) is 5.69 Å². The number of hydrogen-bond acceptors (Lipinski definition) is 2. The Hall–Kier alpha value is -2.00. The molecule has 19 heavy (non-hydrogen) atoms. The molecule has 1 atom stereocenters. The number of carbonyl (C=O) groups is 1. The lowest BCUT2D eigenvalue weighted by atomic mass is 10.1. The molecule has 1 amide bonds. The van der Waals surface area contributed by atoms with E-state index in [4.69, 9.17) is 16.3 Å². The Balaban J connectivity index is 1.70. The van der Waals surface area contributed by atoms with Gasteiger partial charge in [-0.3, -0.25) is 4.79 Å². The molecule has 0 saturated carbocycles. The van der Waals surface area contributed by atoms with Crippen molar-refractivity contribution in [2.45, 2.75) is 12.5 Å². The van der Waals surface area contributed by atoms with Crippen molar-refractivity contribution in [2.24, 2.45) is 0 Å². The fourth-order valence-electron chi connectivity index (χ4n) is 2.12. The van der Waals surface area contributed by atoms with E-state index >= 15 is 0 Å². The lowest BCUT2D eigenvalue weighted by Crippen LogP contribution is -2.31. The zero-order chi connectivity index (χ0) is 13.2. The largest absolute Gasteiger partial charge is 0.480 e. The highest BCUT2D eigenvalue weighted by Gasteiger charge is 2.28. The molecule has 0 aliphatic carbocycles.